The van der Waals surface area contributed by atoms with Gasteiger partial charge in [-0.25, -0.2) is 0 Å². The van der Waals surface area contributed by atoms with Crippen LogP contribution in [0.5, 0.6) is 0 Å². The summed E-state index contributed by atoms with van der Waals surface area (Å²) in [6.07, 6.45) is -0.165. The third-order valence-corrected chi connectivity index (χ3v) is 9.89. The summed E-state index contributed by atoms with van der Waals surface area (Å²) in [4.78, 5) is 39.4. The Kier molecular flexibility index (Phi) is 12.2. The highest BCUT2D eigenvalue weighted by Crippen LogP contribution is 2.49. The summed E-state index contributed by atoms with van der Waals surface area (Å²) in [6.45, 7) is 11.4. The quantitative estimate of drug-likeness (QED) is 0.109. The number of carbonyl (C=O) groups is 3. The van der Waals surface area contributed by atoms with Crippen LogP contribution < -0.4 is 0 Å². The zero-order valence-electron chi connectivity index (χ0n) is 26.0. The van der Waals surface area contributed by atoms with Gasteiger partial charge in [-0.3, -0.25) is 14.4 Å². The standard InChI is InChI=1S/C34H44Cl2F3NO4/c1-6-20(3)40(24-14-22(15-24)17-30(43)44)32(34(37,38)39)25(7-2)29(42)16-21(13-23-18-33(4,5)19-23)11-12-28(41)31-26(35)9-8-10-27(31)36/h7-10,20-24H,2,6,11-19H2,1,3-5H3,(H,43,44). The molecule has 2 atom stereocenters. The maximum Gasteiger partial charge on any atom is 0.431 e. The SMILES string of the molecule is C=CC(C(=O)CC(CCC(=O)c1c(Cl)cccc1Cl)CC1CC(C)(C)C1)=C(N(C(C)CC)C1CC(CC(=O)O)C1)C(F)(F)F. The first-order valence-corrected chi connectivity index (χ1v) is 16.2. The van der Waals surface area contributed by atoms with E-state index in [-0.39, 0.29) is 57.9 Å². The average molecular weight is 659 g/mol. The number of halogens is 5. The normalized spacial score (nSPS) is 21.8. The van der Waals surface area contributed by atoms with Crippen LogP contribution in [-0.2, 0) is 9.59 Å². The number of allylic oxidation sites excluding steroid dienone is 3. The van der Waals surface area contributed by atoms with Gasteiger partial charge in [0.15, 0.2) is 11.6 Å². The largest absolute Gasteiger partial charge is 0.481 e. The molecule has 0 aromatic heterocycles. The maximum atomic E-state index is 14.8. The Bertz CT molecular complexity index is 1240. The van der Waals surface area contributed by atoms with E-state index in [2.05, 4.69) is 20.4 Å². The number of rotatable bonds is 16. The van der Waals surface area contributed by atoms with Crippen molar-refractivity contribution in [1.29, 1.82) is 0 Å². The molecule has 0 bridgehead atoms. The minimum absolute atomic E-state index is 0.0583. The molecule has 0 saturated heterocycles. The Balaban J connectivity index is 1.90. The Hall–Kier alpha value is -2.32. The van der Waals surface area contributed by atoms with Gasteiger partial charge in [0.1, 0.15) is 5.70 Å². The highest BCUT2D eigenvalue weighted by atomic mass is 35.5. The molecule has 3 rings (SSSR count). The highest BCUT2D eigenvalue weighted by molar-refractivity contribution is 6.39. The van der Waals surface area contributed by atoms with E-state index in [9.17, 15) is 27.6 Å². The van der Waals surface area contributed by atoms with Gasteiger partial charge in [-0.15, -0.1) is 0 Å². The molecule has 244 valence electrons. The van der Waals surface area contributed by atoms with Crippen LogP contribution in [0.3, 0.4) is 0 Å². The van der Waals surface area contributed by atoms with Gasteiger partial charge in [-0.2, -0.15) is 13.2 Å². The molecule has 2 aliphatic rings. The van der Waals surface area contributed by atoms with Crippen LogP contribution in [0.4, 0.5) is 13.2 Å². The molecule has 0 radical (unpaired) electrons. The van der Waals surface area contributed by atoms with Crippen LogP contribution in [0.1, 0.15) is 102 Å². The lowest BCUT2D eigenvalue weighted by Crippen LogP contribution is -2.51. The predicted molar refractivity (Wildman–Crippen MR) is 168 cm³/mol. The van der Waals surface area contributed by atoms with E-state index >= 15 is 0 Å². The fourth-order valence-electron chi connectivity index (χ4n) is 7.12. The van der Waals surface area contributed by atoms with E-state index in [0.717, 1.165) is 18.9 Å². The van der Waals surface area contributed by atoms with Gasteiger partial charge in [0, 0.05) is 36.9 Å². The van der Waals surface area contributed by atoms with Crippen LogP contribution in [0.15, 0.2) is 42.1 Å². The van der Waals surface area contributed by atoms with Crippen LogP contribution in [0.2, 0.25) is 10.0 Å². The molecule has 2 saturated carbocycles. The zero-order valence-corrected chi connectivity index (χ0v) is 27.5. The maximum absolute atomic E-state index is 14.8. The van der Waals surface area contributed by atoms with Gasteiger partial charge >= 0.3 is 12.1 Å². The molecule has 0 amide bonds. The molecular weight excluding hydrogens is 614 g/mol. The molecule has 0 heterocycles. The molecule has 2 fully saturated rings. The fourth-order valence-corrected chi connectivity index (χ4v) is 7.73. The molecule has 10 heteroatoms. The van der Waals surface area contributed by atoms with Gasteiger partial charge in [0.05, 0.1) is 15.6 Å². The van der Waals surface area contributed by atoms with Crippen molar-refractivity contribution in [3.05, 3.63) is 57.7 Å². The monoisotopic (exact) mass is 657 g/mol. The summed E-state index contributed by atoms with van der Waals surface area (Å²) in [5, 5.41) is 9.60. The molecule has 0 aliphatic heterocycles. The first-order chi connectivity index (χ1) is 20.5. The van der Waals surface area contributed by atoms with Crippen molar-refractivity contribution in [3.63, 3.8) is 0 Å². The molecule has 1 N–H and O–H groups in total. The van der Waals surface area contributed by atoms with E-state index in [0.29, 0.717) is 38.0 Å². The van der Waals surface area contributed by atoms with E-state index < -0.39 is 41.3 Å². The molecule has 5 nitrogen and oxygen atoms in total. The molecular formula is C34H44Cl2F3NO4. The number of aliphatic carboxylic acids is 1. The van der Waals surface area contributed by atoms with Crippen molar-refractivity contribution >= 4 is 40.7 Å². The van der Waals surface area contributed by atoms with Gasteiger partial charge in [0.25, 0.3) is 0 Å². The Morgan fingerprint density at radius 1 is 1.14 bits per heavy atom. The van der Waals surface area contributed by atoms with Crippen LogP contribution in [0, 0.1) is 23.2 Å². The number of carboxylic acids is 1. The number of alkyl halides is 3. The van der Waals surface area contributed by atoms with Crippen molar-refractivity contribution in [1.82, 2.24) is 4.90 Å². The number of ketones is 2. The second-order valence-electron chi connectivity index (χ2n) is 13.4. The van der Waals surface area contributed by atoms with Crippen LogP contribution in [0.25, 0.3) is 0 Å². The molecule has 2 unspecified atom stereocenters. The number of carboxylic acid groups (broad SMARTS) is 1. The Morgan fingerprint density at radius 3 is 2.20 bits per heavy atom. The number of nitrogens with zero attached hydrogens (tertiary/aromatic N) is 1. The summed E-state index contributed by atoms with van der Waals surface area (Å²) in [7, 11) is 0. The van der Waals surface area contributed by atoms with Crippen molar-refractivity contribution < 1.29 is 32.7 Å². The Labute approximate surface area is 268 Å². The smallest absolute Gasteiger partial charge is 0.431 e. The van der Waals surface area contributed by atoms with Gasteiger partial charge in [0.2, 0.25) is 0 Å². The average Bonchev–Trinajstić information content (AvgIpc) is 2.87. The number of hydrogen-bond acceptors (Lipinski definition) is 4. The minimum atomic E-state index is -4.83. The molecule has 2 aliphatic carbocycles. The highest BCUT2D eigenvalue weighted by Gasteiger charge is 2.48. The summed E-state index contributed by atoms with van der Waals surface area (Å²) in [5.41, 5.74) is -1.09. The van der Waals surface area contributed by atoms with Gasteiger partial charge < -0.3 is 10.0 Å². The second kappa shape index (κ2) is 14.8. The van der Waals surface area contributed by atoms with E-state index in [1.165, 1.54) is 4.90 Å². The first-order valence-electron chi connectivity index (χ1n) is 15.4. The fraction of sp³-hybridized carbons (Fsp3) is 0.618. The molecule has 1 aromatic carbocycles. The molecule has 1 aromatic rings. The van der Waals surface area contributed by atoms with Crippen LogP contribution >= 0.6 is 23.2 Å². The van der Waals surface area contributed by atoms with E-state index in [4.69, 9.17) is 28.3 Å². The topological polar surface area (TPSA) is 74.7 Å². The number of hydrogen-bond donors (Lipinski definition) is 1. The summed E-state index contributed by atoms with van der Waals surface area (Å²) < 4.78 is 44.5. The summed E-state index contributed by atoms with van der Waals surface area (Å²) in [5.74, 6) is -2.12. The lowest BCUT2D eigenvalue weighted by Gasteiger charge is -2.48. The van der Waals surface area contributed by atoms with Crippen molar-refractivity contribution in [2.24, 2.45) is 23.2 Å². The van der Waals surface area contributed by atoms with Gasteiger partial charge in [-0.05, 0) is 87.2 Å². The predicted octanol–water partition coefficient (Wildman–Crippen LogP) is 9.71. The second-order valence-corrected chi connectivity index (χ2v) is 14.3. The number of benzene rings is 1. The number of Topliss-reactive ketones (excluding diaryl/α,β-unsaturated/α-hetero) is 2. The third kappa shape index (κ3) is 9.12. The lowest BCUT2D eigenvalue weighted by atomic mass is 9.61. The Morgan fingerprint density at radius 2 is 1.73 bits per heavy atom. The van der Waals surface area contributed by atoms with Crippen molar-refractivity contribution in [2.75, 3.05) is 0 Å². The number of carbonyl (C=O) groups excluding carboxylic acids is 2. The minimum Gasteiger partial charge on any atom is -0.481 e. The van der Waals surface area contributed by atoms with E-state index in [1.807, 2.05) is 0 Å². The van der Waals surface area contributed by atoms with Gasteiger partial charge in [-0.1, -0.05) is 62.7 Å². The third-order valence-electron chi connectivity index (χ3n) is 9.26. The first kappa shape index (κ1) is 36.2. The molecule has 44 heavy (non-hydrogen) atoms. The lowest BCUT2D eigenvalue weighted by molar-refractivity contribution is -0.141. The van der Waals surface area contributed by atoms with Crippen molar-refractivity contribution in [2.45, 2.75) is 110 Å². The van der Waals surface area contributed by atoms with Crippen LogP contribution in [-0.4, -0.2) is 45.8 Å². The zero-order chi connectivity index (χ0) is 33.0. The van der Waals surface area contributed by atoms with E-state index in [1.54, 1.807) is 32.0 Å². The molecule has 0 spiro atoms. The summed E-state index contributed by atoms with van der Waals surface area (Å²) in [6, 6.07) is 3.73. The van der Waals surface area contributed by atoms with Crippen molar-refractivity contribution in [3.8, 4) is 0 Å². The summed E-state index contributed by atoms with van der Waals surface area (Å²) >= 11 is 12.5.